The van der Waals surface area contributed by atoms with E-state index in [1.807, 2.05) is 38.9 Å². The predicted octanol–water partition coefficient (Wildman–Crippen LogP) is 7.51. The van der Waals surface area contributed by atoms with E-state index in [-0.39, 0.29) is 47.2 Å². The zero-order valence-corrected chi connectivity index (χ0v) is 53.2. The van der Waals surface area contributed by atoms with Gasteiger partial charge in [0.15, 0.2) is 0 Å². The third-order valence-electron chi connectivity index (χ3n) is 13.5. The summed E-state index contributed by atoms with van der Waals surface area (Å²) in [6.45, 7) is 25.0. The minimum absolute atomic E-state index is 0.00413. The van der Waals surface area contributed by atoms with Crippen LogP contribution in [0.5, 0.6) is 0 Å². The number of nitrogens with two attached hydrogens (primary N) is 2. The smallest absolute Gasteiger partial charge is 0.248 e. The SMILES string of the molecule is CCC(=O)CCCNCCCCCNCCN.CCCC(=O)CCCOCCOCC.CCCN(CCCCCNCCCCCN)C(=O)COCCNC(=O)CCSC.CCSC1CC(=O)N(CC2CCC(C(C)=O)CC2)C1=O. The molecule has 2 aliphatic rings. The summed E-state index contributed by atoms with van der Waals surface area (Å²) in [5, 5.41) is 12.8. The van der Waals surface area contributed by atoms with Crippen LogP contribution < -0.4 is 32.7 Å². The lowest BCUT2D eigenvalue weighted by Crippen LogP contribution is -2.37. The monoisotopic (exact) mass is 1170 g/mol. The first-order valence-electron chi connectivity index (χ1n) is 31.1. The average Bonchev–Trinajstić information content (AvgIpc) is 3.72. The minimum atomic E-state index is -0.166. The fraction of sp³-hybridized carbons (Fsp3) is 0.883. The third-order valence-corrected chi connectivity index (χ3v) is 15.2. The Kier molecular flexibility index (Phi) is 59.3. The highest BCUT2D eigenvalue weighted by Gasteiger charge is 2.40. The zero-order chi connectivity index (χ0) is 59.7. The number of carbonyl (C=O) groups is 7. The fourth-order valence-electron chi connectivity index (χ4n) is 8.79. The largest absolute Gasteiger partial charge is 0.379 e. The molecule has 18 nitrogen and oxygen atoms in total. The minimum Gasteiger partial charge on any atom is -0.379 e. The number of hydrogen-bond acceptors (Lipinski definition) is 17. The summed E-state index contributed by atoms with van der Waals surface area (Å²) in [6.07, 6.45) is 23.5. The lowest BCUT2D eigenvalue weighted by molar-refractivity contribution is -0.139. The molecule has 2 fully saturated rings. The standard InChI is InChI=1S/C21H44N4O3S.C15H23NO3S.C13H29N3O.C11H22O3/c1-3-15-25(16-9-5-8-13-23-12-7-4-6-11-22)21(27)19-28-17-14-24-20(26)10-18-29-2;1-3-20-13-8-14(18)16(15(13)19)9-11-4-6-12(7-5-11)10(2)17;1-2-13(17)7-6-11-15-9-4-3-5-10-16-12-8-14;1-3-6-11(12)7-5-8-14-10-9-13-4-2/h23H,3-19,22H2,1-2H3,(H,24,26);11-13H,3-9H2,1-2H3;15-16H,2-12,14H2,1H3;3-10H2,1-2H3. The Morgan fingerprint density at radius 3 is 1.81 bits per heavy atom. The molecular weight excluding hydrogens is 1060 g/mol. The van der Waals surface area contributed by atoms with Crippen molar-refractivity contribution < 1.29 is 47.8 Å². The average molecular weight is 1180 g/mol. The number of unbranched alkanes of at least 4 members (excludes halogenated alkanes) is 6. The quantitative estimate of drug-likeness (QED) is 0.0255. The van der Waals surface area contributed by atoms with E-state index in [1.54, 1.807) is 30.4 Å². The van der Waals surface area contributed by atoms with Crippen LogP contribution in [-0.2, 0) is 47.8 Å². The zero-order valence-electron chi connectivity index (χ0n) is 51.6. The van der Waals surface area contributed by atoms with Crippen LogP contribution in [0, 0.1) is 11.8 Å². The number of nitrogens with zero attached hydrogens (tertiary/aromatic N) is 2. The van der Waals surface area contributed by atoms with E-state index in [9.17, 15) is 33.6 Å². The van der Waals surface area contributed by atoms with Gasteiger partial charge < -0.3 is 51.8 Å². The van der Waals surface area contributed by atoms with Gasteiger partial charge in [0, 0.05) is 103 Å². The van der Waals surface area contributed by atoms with E-state index in [2.05, 4.69) is 28.2 Å². The molecule has 1 aliphatic heterocycles. The van der Waals surface area contributed by atoms with E-state index in [4.69, 9.17) is 25.7 Å². The van der Waals surface area contributed by atoms with Crippen molar-refractivity contribution in [2.45, 2.75) is 194 Å². The van der Waals surface area contributed by atoms with Crippen molar-refractivity contribution >= 4 is 64.5 Å². The topological polar surface area (TPSA) is 254 Å². The van der Waals surface area contributed by atoms with E-state index in [0.717, 1.165) is 167 Å². The summed E-state index contributed by atoms with van der Waals surface area (Å²) < 4.78 is 15.8. The van der Waals surface area contributed by atoms with Crippen molar-refractivity contribution in [3.63, 3.8) is 0 Å². The molecule has 470 valence electrons. The first kappa shape index (κ1) is 79.5. The van der Waals surface area contributed by atoms with Crippen LogP contribution in [-0.4, -0.2) is 192 Å². The second-order valence-corrected chi connectivity index (χ2v) is 23.0. The molecule has 1 atom stereocenters. The normalized spacial score (nSPS) is 15.8. The van der Waals surface area contributed by atoms with E-state index in [0.29, 0.717) is 89.1 Å². The number of imide groups is 1. The highest BCUT2D eigenvalue weighted by molar-refractivity contribution is 8.00. The van der Waals surface area contributed by atoms with Crippen LogP contribution >= 0.6 is 23.5 Å². The van der Waals surface area contributed by atoms with Gasteiger partial charge in [-0.3, -0.25) is 38.5 Å². The summed E-state index contributed by atoms with van der Waals surface area (Å²) >= 11 is 3.22. The van der Waals surface area contributed by atoms with Gasteiger partial charge in [-0.15, -0.1) is 11.8 Å². The number of rotatable bonds is 49. The number of ether oxygens (including phenoxy) is 3. The van der Waals surface area contributed by atoms with Gasteiger partial charge in [0.25, 0.3) is 0 Å². The molecule has 0 aromatic carbocycles. The Balaban J connectivity index is 0. The molecule has 20 heteroatoms. The molecule has 1 saturated heterocycles. The number of thioether (sulfide) groups is 2. The van der Waals surface area contributed by atoms with E-state index < -0.39 is 0 Å². The highest BCUT2D eigenvalue weighted by Crippen LogP contribution is 2.32. The molecule has 0 spiro atoms. The second-order valence-electron chi connectivity index (χ2n) is 20.6. The number of nitrogens with one attached hydrogen (secondary N) is 4. The number of carbonyl (C=O) groups excluding carboxylic acids is 7. The lowest BCUT2D eigenvalue weighted by Gasteiger charge is -2.29. The molecule has 4 amide bonds. The van der Waals surface area contributed by atoms with Gasteiger partial charge in [-0.2, -0.15) is 11.8 Å². The van der Waals surface area contributed by atoms with Crippen molar-refractivity contribution in [3.05, 3.63) is 0 Å². The summed E-state index contributed by atoms with van der Waals surface area (Å²) in [7, 11) is 0. The van der Waals surface area contributed by atoms with Crippen molar-refractivity contribution in [1.29, 1.82) is 0 Å². The Bertz CT molecular complexity index is 1530. The maximum absolute atomic E-state index is 12.4. The molecule has 1 saturated carbocycles. The number of amides is 4. The van der Waals surface area contributed by atoms with Crippen LogP contribution in [0.4, 0.5) is 0 Å². The van der Waals surface area contributed by atoms with Crippen LogP contribution in [0.3, 0.4) is 0 Å². The fourth-order valence-corrected chi connectivity index (χ4v) is 10.1. The summed E-state index contributed by atoms with van der Waals surface area (Å²) in [5.41, 5.74) is 10.9. The molecule has 0 aromatic heterocycles. The van der Waals surface area contributed by atoms with Crippen LogP contribution in [0.25, 0.3) is 0 Å². The molecule has 1 heterocycles. The van der Waals surface area contributed by atoms with Gasteiger partial charge in [0.05, 0.1) is 25.1 Å². The second kappa shape index (κ2) is 59.6. The van der Waals surface area contributed by atoms with Gasteiger partial charge in [0.2, 0.25) is 23.6 Å². The molecule has 80 heavy (non-hydrogen) atoms. The molecule has 2 rings (SSSR count). The number of hydrogen-bond donors (Lipinski definition) is 6. The number of ketones is 3. The van der Waals surface area contributed by atoms with Crippen molar-refractivity contribution in [2.24, 2.45) is 23.3 Å². The van der Waals surface area contributed by atoms with Crippen LogP contribution in [0.2, 0.25) is 0 Å². The molecule has 8 N–H and O–H groups in total. The van der Waals surface area contributed by atoms with E-state index in [1.165, 1.54) is 37.0 Å². The Morgan fingerprint density at radius 1 is 0.625 bits per heavy atom. The Hall–Kier alpha value is -2.53. The highest BCUT2D eigenvalue weighted by atomic mass is 32.2. The van der Waals surface area contributed by atoms with Crippen molar-refractivity contribution in [1.82, 2.24) is 31.1 Å². The van der Waals surface area contributed by atoms with Crippen molar-refractivity contribution in [2.75, 3.05) is 136 Å². The molecule has 0 radical (unpaired) electrons. The van der Waals surface area contributed by atoms with E-state index >= 15 is 0 Å². The lowest BCUT2D eigenvalue weighted by atomic mass is 9.80. The molecule has 0 bridgehead atoms. The molecule has 1 aliphatic carbocycles. The van der Waals surface area contributed by atoms with Gasteiger partial charge in [-0.25, -0.2) is 0 Å². The van der Waals surface area contributed by atoms with Gasteiger partial charge >= 0.3 is 0 Å². The molecule has 0 aromatic rings. The Labute approximate surface area is 494 Å². The molecule has 1 unspecified atom stereocenters. The molecular formula is C60H118N8O10S2. The maximum Gasteiger partial charge on any atom is 0.248 e. The van der Waals surface area contributed by atoms with Crippen molar-refractivity contribution in [3.8, 4) is 0 Å². The van der Waals surface area contributed by atoms with Gasteiger partial charge in [-0.1, -0.05) is 47.0 Å². The number of Topliss-reactive ketones (excluding diaryl/α,β-unsaturated/α-hetero) is 3. The first-order chi connectivity index (χ1) is 38.8. The van der Waals surface area contributed by atoms with Crippen LogP contribution in [0.1, 0.15) is 189 Å². The van der Waals surface area contributed by atoms with Gasteiger partial charge in [-0.05, 0) is 161 Å². The summed E-state index contributed by atoms with van der Waals surface area (Å²) in [6, 6.07) is 0. The maximum atomic E-state index is 12.4. The third kappa shape index (κ3) is 48.9. The number of likely N-dealkylation sites (tertiary alicyclic amines) is 1. The summed E-state index contributed by atoms with van der Waals surface area (Å²) in [5.74, 6) is 3.30. The van der Waals surface area contributed by atoms with Crippen LogP contribution in [0.15, 0.2) is 0 Å². The predicted molar refractivity (Wildman–Crippen MR) is 332 cm³/mol. The first-order valence-corrected chi connectivity index (χ1v) is 33.5. The Morgan fingerprint density at radius 2 is 1.24 bits per heavy atom. The summed E-state index contributed by atoms with van der Waals surface area (Å²) in [4.78, 5) is 84.8. The van der Waals surface area contributed by atoms with Gasteiger partial charge in [0.1, 0.15) is 24.0 Å².